The minimum atomic E-state index is -0.237. The maximum Gasteiger partial charge on any atom is 0.254 e. The standard InChI is InChI=1S/C21H25ClN4O3/c1-13-19(22)23-18(12-27)24-20(13)26-9-6-15(7-10-26)29-16-4-3-14-5-8-25(2)21(28)17(14)11-16/h3-4,11,15,27H,5-10,12H2,1-2H3. The Bertz CT molecular complexity index is 928. The molecule has 2 aliphatic rings. The number of fused-ring (bicyclic) bond motifs is 1. The number of benzene rings is 1. The lowest BCUT2D eigenvalue weighted by Gasteiger charge is -2.34. The third kappa shape index (κ3) is 4.02. The number of piperidine rings is 1. The van der Waals surface area contributed by atoms with Gasteiger partial charge in [-0.1, -0.05) is 17.7 Å². The number of aliphatic hydroxyl groups is 1. The van der Waals surface area contributed by atoms with Crippen molar-refractivity contribution in [2.75, 3.05) is 31.6 Å². The van der Waals surface area contributed by atoms with Crippen molar-refractivity contribution in [3.8, 4) is 5.75 Å². The highest BCUT2D eigenvalue weighted by Gasteiger charge is 2.26. The topological polar surface area (TPSA) is 78.8 Å². The zero-order valence-electron chi connectivity index (χ0n) is 16.7. The summed E-state index contributed by atoms with van der Waals surface area (Å²) in [5.74, 6) is 1.91. The first-order chi connectivity index (χ1) is 14.0. The quantitative estimate of drug-likeness (QED) is 0.772. The molecule has 0 aliphatic carbocycles. The Morgan fingerprint density at radius 1 is 1.24 bits per heavy atom. The van der Waals surface area contributed by atoms with Crippen LogP contribution in [0.2, 0.25) is 5.15 Å². The summed E-state index contributed by atoms with van der Waals surface area (Å²) in [4.78, 5) is 24.8. The molecule has 154 valence electrons. The number of ether oxygens (including phenoxy) is 1. The number of likely N-dealkylation sites (N-methyl/N-ethyl adjacent to an activating group) is 1. The lowest BCUT2D eigenvalue weighted by atomic mass is 9.99. The number of rotatable bonds is 4. The third-order valence-electron chi connectivity index (χ3n) is 5.67. The predicted octanol–water partition coefficient (Wildman–Crippen LogP) is 2.61. The van der Waals surface area contributed by atoms with Gasteiger partial charge < -0.3 is 19.6 Å². The van der Waals surface area contributed by atoms with Gasteiger partial charge in [-0.15, -0.1) is 0 Å². The summed E-state index contributed by atoms with van der Waals surface area (Å²) >= 11 is 6.19. The number of anilines is 1. The molecule has 1 fully saturated rings. The highest BCUT2D eigenvalue weighted by atomic mass is 35.5. The summed E-state index contributed by atoms with van der Waals surface area (Å²) in [6.07, 6.45) is 2.63. The molecule has 29 heavy (non-hydrogen) atoms. The van der Waals surface area contributed by atoms with Crippen LogP contribution in [0.15, 0.2) is 18.2 Å². The molecule has 1 aromatic heterocycles. The Morgan fingerprint density at radius 2 is 2.00 bits per heavy atom. The van der Waals surface area contributed by atoms with E-state index in [1.54, 1.807) is 4.90 Å². The monoisotopic (exact) mass is 416 g/mol. The summed E-state index contributed by atoms with van der Waals surface area (Å²) in [6, 6.07) is 5.85. The van der Waals surface area contributed by atoms with E-state index in [9.17, 15) is 9.90 Å². The summed E-state index contributed by atoms with van der Waals surface area (Å²) in [7, 11) is 1.83. The van der Waals surface area contributed by atoms with Gasteiger partial charge in [0.1, 0.15) is 29.4 Å². The molecular formula is C21H25ClN4O3. The molecule has 0 saturated carbocycles. The Morgan fingerprint density at radius 3 is 2.72 bits per heavy atom. The minimum absolute atomic E-state index is 0.0577. The lowest BCUT2D eigenvalue weighted by Crippen LogP contribution is -2.39. The molecule has 1 aromatic carbocycles. The first kappa shape index (κ1) is 19.9. The predicted molar refractivity (Wildman–Crippen MR) is 111 cm³/mol. The van der Waals surface area contributed by atoms with Crippen molar-refractivity contribution in [1.29, 1.82) is 0 Å². The van der Waals surface area contributed by atoms with E-state index in [0.29, 0.717) is 11.0 Å². The number of carbonyl (C=O) groups is 1. The van der Waals surface area contributed by atoms with Crippen molar-refractivity contribution in [2.24, 2.45) is 0 Å². The lowest BCUT2D eigenvalue weighted by molar-refractivity contribution is 0.0779. The second-order valence-corrected chi connectivity index (χ2v) is 8.00. The molecule has 1 saturated heterocycles. The van der Waals surface area contributed by atoms with Crippen LogP contribution < -0.4 is 9.64 Å². The minimum Gasteiger partial charge on any atom is -0.490 e. The molecule has 2 aromatic rings. The fraction of sp³-hybridized carbons (Fsp3) is 0.476. The van der Waals surface area contributed by atoms with Crippen LogP contribution >= 0.6 is 11.6 Å². The number of aromatic nitrogens is 2. The summed E-state index contributed by atoms with van der Waals surface area (Å²) in [5, 5.41) is 9.73. The van der Waals surface area contributed by atoms with E-state index in [-0.39, 0.29) is 18.6 Å². The van der Waals surface area contributed by atoms with Gasteiger partial charge in [0.15, 0.2) is 5.82 Å². The number of hydrogen-bond donors (Lipinski definition) is 1. The van der Waals surface area contributed by atoms with Gasteiger partial charge >= 0.3 is 0 Å². The average Bonchev–Trinajstić information content (AvgIpc) is 2.73. The largest absolute Gasteiger partial charge is 0.490 e. The van der Waals surface area contributed by atoms with Crippen molar-refractivity contribution in [3.63, 3.8) is 0 Å². The van der Waals surface area contributed by atoms with Crippen molar-refractivity contribution in [3.05, 3.63) is 45.9 Å². The Kier molecular flexibility index (Phi) is 5.61. The first-order valence-corrected chi connectivity index (χ1v) is 10.3. The molecule has 2 aliphatic heterocycles. The molecule has 1 N–H and O–H groups in total. The molecule has 1 amide bonds. The number of amides is 1. The van der Waals surface area contributed by atoms with Crippen LogP contribution in [0.5, 0.6) is 5.75 Å². The molecule has 3 heterocycles. The number of aliphatic hydroxyl groups excluding tert-OH is 1. The summed E-state index contributed by atoms with van der Waals surface area (Å²) < 4.78 is 6.19. The van der Waals surface area contributed by atoms with Crippen LogP contribution in [0.25, 0.3) is 0 Å². The normalized spacial score (nSPS) is 17.4. The summed E-state index contributed by atoms with van der Waals surface area (Å²) in [6.45, 7) is 3.96. The maximum atomic E-state index is 12.4. The van der Waals surface area contributed by atoms with E-state index in [2.05, 4.69) is 14.9 Å². The molecular weight excluding hydrogens is 392 g/mol. The second kappa shape index (κ2) is 8.16. The smallest absolute Gasteiger partial charge is 0.254 e. The van der Waals surface area contributed by atoms with Crippen LogP contribution in [0.3, 0.4) is 0 Å². The van der Waals surface area contributed by atoms with Crippen LogP contribution in [-0.4, -0.2) is 58.7 Å². The van der Waals surface area contributed by atoms with E-state index >= 15 is 0 Å². The van der Waals surface area contributed by atoms with Crippen molar-refractivity contribution >= 4 is 23.3 Å². The van der Waals surface area contributed by atoms with Gasteiger partial charge in [-0.2, -0.15) is 0 Å². The Hall–Kier alpha value is -2.38. The van der Waals surface area contributed by atoms with Crippen molar-refractivity contribution < 1.29 is 14.6 Å². The van der Waals surface area contributed by atoms with Gasteiger partial charge in [0.2, 0.25) is 0 Å². The number of carbonyl (C=O) groups excluding carboxylic acids is 1. The maximum absolute atomic E-state index is 12.4. The number of nitrogens with zero attached hydrogens (tertiary/aromatic N) is 4. The SMILES string of the molecule is Cc1c(Cl)nc(CO)nc1N1CCC(Oc2ccc3c(c2)C(=O)N(C)CC3)CC1. The van der Waals surface area contributed by atoms with Gasteiger partial charge in [-0.05, 0) is 31.0 Å². The zero-order chi connectivity index (χ0) is 20.5. The fourth-order valence-electron chi connectivity index (χ4n) is 3.92. The van der Waals surface area contributed by atoms with Crippen LogP contribution in [-0.2, 0) is 13.0 Å². The highest BCUT2D eigenvalue weighted by molar-refractivity contribution is 6.30. The molecule has 0 bridgehead atoms. The van der Waals surface area contributed by atoms with Crippen molar-refractivity contribution in [1.82, 2.24) is 14.9 Å². The highest BCUT2D eigenvalue weighted by Crippen LogP contribution is 2.29. The van der Waals surface area contributed by atoms with Gasteiger partial charge in [0, 0.05) is 50.7 Å². The van der Waals surface area contributed by atoms with Crippen LogP contribution in [0.1, 0.15) is 40.2 Å². The van der Waals surface area contributed by atoms with Crippen molar-refractivity contribution in [2.45, 2.75) is 38.9 Å². The number of hydrogen-bond acceptors (Lipinski definition) is 6. The van der Waals surface area contributed by atoms with E-state index < -0.39 is 0 Å². The molecule has 7 nitrogen and oxygen atoms in total. The zero-order valence-corrected chi connectivity index (χ0v) is 17.4. The molecule has 0 atom stereocenters. The average molecular weight is 417 g/mol. The Balaban J connectivity index is 1.42. The second-order valence-electron chi connectivity index (χ2n) is 7.64. The summed E-state index contributed by atoms with van der Waals surface area (Å²) in [5.41, 5.74) is 2.66. The van der Waals surface area contributed by atoms with E-state index in [4.69, 9.17) is 16.3 Å². The van der Waals surface area contributed by atoms with E-state index in [0.717, 1.165) is 67.2 Å². The molecule has 0 unspecified atom stereocenters. The van der Waals surface area contributed by atoms with E-state index in [1.165, 1.54) is 0 Å². The first-order valence-electron chi connectivity index (χ1n) is 9.90. The Labute approximate surface area is 175 Å². The van der Waals surface area contributed by atoms with Crippen LogP contribution in [0.4, 0.5) is 5.82 Å². The fourth-order valence-corrected chi connectivity index (χ4v) is 4.10. The van der Waals surface area contributed by atoms with Gasteiger partial charge in [-0.25, -0.2) is 9.97 Å². The van der Waals surface area contributed by atoms with Gasteiger partial charge in [0.05, 0.1) is 0 Å². The third-order valence-corrected chi connectivity index (χ3v) is 6.04. The molecule has 0 spiro atoms. The number of halogens is 1. The molecule has 8 heteroatoms. The molecule has 4 rings (SSSR count). The van der Waals surface area contributed by atoms with Crippen LogP contribution in [0, 0.1) is 6.92 Å². The van der Waals surface area contributed by atoms with E-state index in [1.807, 2.05) is 32.2 Å². The van der Waals surface area contributed by atoms with Gasteiger partial charge in [-0.3, -0.25) is 4.79 Å². The van der Waals surface area contributed by atoms with Gasteiger partial charge in [0.25, 0.3) is 5.91 Å². The molecule has 0 radical (unpaired) electrons.